The van der Waals surface area contributed by atoms with Crippen molar-refractivity contribution in [3.05, 3.63) is 69.2 Å². The van der Waals surface area contributed by atoms with E-state index in [-0.39, 0.29) is 12.4 Å². The predicted octanol–water partition coefficient (Wildman–Crippen LogP) is 4.25. The quantitative estimate of drug-likeness (QED) is 0.557. The van der Waals surface area contributed by atoms with Crippen LogP contribution in [-0.4, -0.2) is 20.5 Å². The van der Waals surface area contributed by atoms with E-state index in [1.54, 1.807) is 36.8 Å². The molecule has 0 saturated heterocycles. The molecule has 3 rings (SSSR count). The largest absolute Gasteiger partial charge is 0.497 e. The minimum atomic E-state index is -4.21. The number of hydrogen-bond acceptors (Lipinski definition) is 5. The van der Waals surface area contributed by atoms with Gasteiger partial charge >= 0.3 is 0 Å². The van der Waals surface area contributed by atoms with Crippen LogP contribution < -0.4 is 9.04 Å². The summed E-state index contributed by atoms with van der Waals surface area (Å²) in [5, 5.41) is 1.59. The number of aromatic nitrogens is 1. The van der Waals surface area contributed by atoms with Gasteiger partial charge in [-0.3, -0.25) is 0 Å². The van der Waals surface area contributed by atoms with Crippen molar-refractivity contribution in [2.45, 2.75) is 11.4 Å². The third-order valence-electron chi connectivity index (χ3n) is 3.53. The van der Waals surface area contributed by atoms with Crippen LogP contribution >= 0.6 is 27.3 Å². The Morgan fingerprint density at radius 1 is 1.27 bits per heavy atom. The molecule has 0 unspecified atom stereocenters. The summed E-state index contributed by atoms with van der Waals surface area (Å²) in [5.41, 5.74) is 2.23. The number of thiazole rings is 1. The van der Waals surface area contributed by atoms with Gasteiger partial charge in [0.05, 0.1) is 19.2 Å². The van der Waals surface area contributed by atoms with Gasteiger partial charge in [0, 0.05) is 15.9 Å². The number of methoxy groups -OCH3 is 1. The van der Waals surface area contributed by atoms with Gasteiger partial charge in [-0.15, -0.1) is 11.3 Å². The Hall–Kier alpha value is -1.97. The fourth-order valence-electron chi connectivity index (χ4n) is 2.24. The highest BCUT2D eigenvalue weighted by Gasteiger charge is 2.30. The second-order valence-corrected chi connectivity index (χ2v) is 8.56. The van der Waals surface area contributed by atoms with Gasteiger partial charge in [0.2, 0.25) is 0 Å². The Kier molecular flexibility index (Phi) is 5.59. The van der Waals surface area contributed by atoms with E-state index >= 15 is 0 Å². The van der Waals surface area contributed by atoms with Gasteiger partial charge in [-0.05, 0) is 29.8 Å². The van der Waals surface area contributed by atoms with Gasteiger partial charge in [-0.2, -0.15) is 0 Å². The van der Waals surface area contributed by atoms with Crippen molar-refractivity contribution in [3.63, 3.8) is 0 Å². The van der Waals surface area contributed by atoms with Crippen LogP contribution in [-0.2, 0) is 16.6 Å². The van der Waals surface area contributed by atoms with Crippen molar-refractivity contribution >= 4 is 43.1 Å². The van der Waals surface area contributed by atoms with Crippen LogP contribution in [0.15, 0.2) is 56.7 Å². The number of nitrogens with zero attached hydrogens (tertiary/aromatic N) is 2. The Bertz CT molecular complexity index is 993. The second-order valence-electron chi connectivity index (χ2n) is 5.19. The van der Waals surface area contributed by atoms with Gasteiger partial charge in [0.15, 0.2) is 5.82 Å². The summed E-state index contributed by atoms with van der Waals surface area (Å²) >= 11 is 4.39. The first-order valence-electron chi connectivity index (χ1n) is 7.33. The summed E-state index contributed by atoms with van der Waals surface area (Å²) in [5.74, 6) is 0.00457. The number of anilines is 1. The molecule has 0 amide bonds. The smallest absolute Gasteiger partial charge is 0.269 e. The molecular weight excluding hydrogens is 443 g/mol. The van der Waals surface area contributed by atoms with E-state index in [4.69, 9.17) is 4.74 Å². The van der Waals surface area contributed by atoms with Crippen molar-refractivity contribution in [2.75, 3.05) is 11.4 Å². The molecule has 0 atom stereocenters. The molecule has 135 valence electrons. The minimum Gasteiger partial charge on any atom is -0.497 e. The normalized spacial score (nSPS) is 11.3. The standard InChI is InChI=1S/C17H13BrFN2O3S2/c1-24-14-5-2-12(3-6-14)9-21(17-10-25-11-20-17)26(22,23)16-8-13(18)4-7-15(16)19/h2-7,10-11H,9H2,1H3. The highest BCUT2D eigenvalue weighted by atomic mass is 79.9. The highest BCUT2D eigenvalue weighted by Crippen LogP contribution is 2.29. The maximum Gasteiger partial charge on any atom is 0.269 e. The zero-order valence-electron chi connectivity index (χ0n) is 13.5. The van der Waals surface area contributed by atoms with E-state index < -0.39 is 20.7 Å². The summed E-state index contributed by atoms with van der Waals surface area (Å²) in [6.07, 6.45) is 0. The average Bonchev–Trinajstić information content (AvgIpc) is 3.16. The van der Waals surface area contributed by atoms with Gasteiger partial charge < -0.3 is 4.74 Å². The molecule has 1 radical (unpaired) electrons. The molecule has 3 aromatic rings. The Labute approximate surface area is 163 Å². The third kappa shape index (κ3) is 3.89. The van der Waals surface area contributed by atoms with Crippen LogP contribution in [0.25, 0.3) is 0 Å². The lowest BCUT2D eigenvalue weighted by molar-refractivity contribution is 0.414. The number of halogens is 2. The highest BCUT2D eigenvalue weighted by molar-refractivity contribution is 9.10. The molecule has 1 heterocycles. The zero-order chi connectivity index (χ0) is 18.7. The summed E-state index contributed by atoms with van der Waals surface area (Å²) in [4.78, 5) is 3.55. The van der Waals surface area contributed by atoms with E-state index in [9.17, 15) is 12.8 Å². The second kappa shape index (κ2) is 7.73. The van der Waals surface area contributed by atoms with Crippen LogP contribution in [0, 0.1) is 11.9 Å². The number of hydrogen-bond donors (Lipinski definition) is 0. The predicted molar refractivity (Wildman–Crippen MR) is 101 cm³/mol. The van der Waals surface area contributed by atoms with Crippen LogP contribution in [0.5, 0.6) is 5.75 Å². The van der Waals surface area contributed by atoms with Crippen molar-refractivity contribution in [1.82, 2.24) is 4.98 Å². The van der Waals surface area contributed by atoms with Crippen LogP contribution in [0.2, 0.25) is 0 Å². The number of rotatable bonds is 6. The molecule has 26 heavy (non-hydrogen) atoms. The van der Waals surface area contributed by atoms with Gasteiger partial charge in [-0.1, -0.05) is 28.1 Å². The van der Waals surface area contributed by atoms with Crippen LogP contribution in [0.3, 0.4) is 0 Å². The average molecular weight is 456 g/mol. The molecule has 0 saturated carbocycles. The van der Waals surface area contributed by atoms with E-state index in [0.29, 0.717) is 15.8 Å². The first kappa shape index (κ1) is 18.8. The molecule has 0 spiro atoms. The molecule has 0 bridgehead atoms. The molecule has 2 aromatic carbocycles. The zero-order valence-corrected chi connectivity index (χ0v) is 16.7. The molecule has 0 aliphatic carbocycles. The number of benzene rings is 2. The summed E-state index contributed by atoms with van der Waals surface area (Å²) in [6, 6.07) is 12.0. The van der Waals surface area contributed by atoms with E-state index in [0.717, 1.165) is 10.4 Å². The van der Waals surface area contributed by atoms with E-state index in [1.807, 2.05) is 0 Å². The third-order valence-corrected chi connectivity index (χ3v) is 6.28. The van der Waals surface area contributed by atoms with Gasteiger partial charge in [-0.25, -0.2) is 22.1 Å². The van der Waals surface area contributed by atoms with Crippen LogP contribution in [0.1, 0.15) is 5.56 Å². The van der Waals surface area contributed by atoms with E-state index in [2.05, 4.69) is 27.0 Å². The molecular formula is C17H13BrFN2O3S2. The Morgan fingerprint density at radius 2 is 2.00 bits per heavy atom. The lowest BCUT2D eigenvalue weighted by Gasteiger charge is -2.22. The summed E-state index contributed by atoms with van der Waals surface area (Å²) in [7, 11) is -2.66. The fourth-order valence-corrected chi connectivity index (χ4v) is 4.75. The van der Waals surface area contributed by atoms with Gasteiger partial charge in [0.1, 0.15) is 16.5 Å². The van der Waals surface area contributed by atoms with Crippen LogP contribution in [0.4, 0.5) is 10.2 Å². The Morgan fingerprint density at radius 3 is 2.62 bits per heavy atom. The maximum absolute atomic E-state index is 14.2. The lowest BCUT2D eigenvalue weighted by atomic mass is 10.2. The maximum atomic E-state index is 14.2. The van der Waals surface area contributed by atoms with Crippen molar-refractivity contribution in [3.8, 4) is 5.75 Å². The molecule has 0 fully saturated rings. The SMILES string of the molecule is COc1ccc(CN(c2cscn2)S(=O)(=O)c2[c]c(Br)ccc2F)cc1. The first-order chi connectivity index (χ1) is 12.4. The molecule has 1 aromatic heterocycles. The molecule has 0 aliphatic rings. The van der Waals surface area contributed by atoms with Crippen molar-refractivity contribution in [1.29, 1.82) is 0 Å². The minimum absolute atomic E-state index is 0.00411. The fraction of sp³-hybridized carbons (Fsp3) is 0.118. The lowest BCUT2D eigenvalue weighted by Crippen LogP contribution is -2.31. The van der Waals surface area contributed by atoms with Crippen molar-refractivity contribution in [2.24, 2.45) is 0 Å². The monoisotopic (exact) mass is 455 g/mol. The molecule has 0 N–H and O–H groups in total. The first-order valence-corrected chi connectivity index (χ1v) is 10.5. The van der Waals surface area contributed by atoms with E-state index in [1.165, 1.54) is 22.9 Å². The number of sulfonamides is 1. The van der Waals surface area contributed by atoms with Gasteiger partial charge in [0.25, 0.3) is 10.0 Å². The molecule has 5 nitrogen and oxygen atoms in total. The molecule has 9 heteroatoms. The summed E-state index contributed by atoms with van der Waals surface area (Å²) < 4.78 is 46.9. The van der Waals surface area contributed by atoms with Crippen molar-refractivity contribution < 1.29 is 17.5 Å². The molecule has 0 aliphatic heterocycles. The Balaban J connectivity index is 2.04. The summed E-state index contributed by atoms with van der Waals surface area (Å²) in [6.45, 7) is -0.00411. The topological polar surface area (TPSA) is 59.5 Å². The number of ether oxygens (including phenoxy) is 1.